The highest BCUT2D eigenvalue weighted by Gasteiger charge is 2.17. The molecule has 0 saturated carbocycles. The minimum atomic E-state index is -0.291. The molecule has 3 rings (SSSR count). The molecule has 1 fully saturated rings. The molecular formula is C23H29N3O4. The van der Waals surface area contributed by atoms with Gasteiger partial charge in [-0.1, -0.05) is 19.1 Å². The minimum absolute atomic E-state index is 0.0850. The van der Waals surface area contributed by atoms with E-state index in [1.54, 1.807) is 25.3 Å². The van der Waals surface area contributed by atoms with Crippen molar-refractivity contribution < 1.29 is 19.0 Å². The highest BCUT2D eigenvalue weighted by molar-refractivity contribution is 6.10. The number of ether oxygens (including phenoxy) is 3. The van der Waals surface area contributed by atoms with Crippen LogP contribution in [0.1, 0.15) is 35.7 Å². The van der Waals surface area contributed by atoms with Crippen LogP contribution in [0.25, 0.3) is 0 Å². The van der Waals surface area contributed by atoms with E-state index in [-0.39, 0.29) is 12.0 Å². The molecule has 1 heterocycles. The van der Waals surface area contributed by atoms with Gasteiger partial charge >= 0.3 is 0 Å². The summed E-state index contributed by atoms with van der Waals surface area (Å²) in [5.74, 6) is 1.15. The molecule has 0 bridgehead atoms. The summed E-state index contributed by atoms with van der Waals surface area (Å²) < 4.78 is 16.2. The number of hydrogen-bond donors (Lipinski definition) is 2. The average Bonchev–Trinajstić information content (AvgIpc) is 3.30. The number of carbonyl (C=O) groups excluding carboxylic acids is 1. The van der Waals surface area contributed by atoms with Crippen molar-refractivity contribution in [1.82, 2.24) is 5.32 Å². The fourth-order valence-corrected chi connectivity index (χ4v) is 3.25. The van der Waals surface area contributed by atoms with Crippen molar-refractivity contribution in [3.8, 4) is 11.5 Å². The SMILES string of the molecule is CCc1cccc(NC(=NCC2CCCO2)NC(=O)c2ccc(OC)c(OC)c2)c1. The summed E-state index contributed by atoms with van der Waals surface area (Å²) in [7, 11) is 3.10. The van der Waals surface area contributed by atoms with Crippen molar-refractivity contribution in [3.05, 3.63) is 53.6 Å². The number of aliphatic imine (C=N–C) groups is 1. The van der Waals surface area contributed by atoms with E-state index >= 15 is 0 Å². The summed E-state index contributed by atoms with van der Waals surface area (Å²) in [4.78, 5) is 17.5. The van der Waals surface area contributed by atoms with Gasteiger partial charge in [0, 0.05) is 17.9 Å². The molecule has 1 atom stereocenters. The molecule has 30 heavy (non-hydrogen) atoms. The van der Waals surface area contributed by atoms with Crippen LogP contribution in [-0.4, -0.2) is 45.3 Å². The maximum absolute atomic E-state index is 12.9. The second-order valence-electron chi connectivity index (χ2n) is 7.03. The van der Waals surface area contributed by atoms with E-state index in [1.165, 1.54) is 12.7 Å². The third kappa shape index (κ3) is 5.73. The molecule has 0 spiro atoms. The molecular weight excluding hydrogens is 382 g/mol. The minimum Gasteiger partial charge on any atom is -0.493 e. The monoisotopic (exact) mass is 411 g/mol. The summed E-state index contributed by atoms with van der Waals surface area (Å²) in [6.45, 7) is 3.35. The average molecular weight is 412 g/mol. The Bertz CT molecular complexity index is 892. The molecule has 2 aromatic carbocycles. The zero-order valence-electron chi connectivity index (χ0n) is 17.7. The Labute approximate surface area is 177 Å². The zero-order valence-corrected chi connectivity index (χ0v) is 17.7. The molecule has 1 amide bonds. The van der Waals surface area contributed by atoms with Gasteiger partial charge in [0.1, 0.15) is 0 Å². The van der Waals surface area contributed by atoms with Crippen LogP contribution in [0.2, 0.25) is 0 Å². The van der Waals surface area contributed by atoms with Crippen LogP contribution in [0.3, 0.4) is 0 Å². The van der Waals surface area contributed by atoms with Crippen molar-refractivity contribution in [1.29, 1.82) is 0 Å². The van der Waals surface area contributed by atoms with Crippen LogP contribution in [0.4, 0.5) is 5.69 Å². The topological polar surface area (TPSA) is 81.2 Å². The van der Waals surface area contributed by atoms with Gasteiger partial charge in [-0.25, -0.2) is 4.99 Å². The summed E-state index contributed by atoms with van der Waals surface area (Å²) in [6, 6.07) is 13.1. The molecule has 1 aliphatic rings. The lowest BCUT2D eigenvalue weighted by Gasteiger charge is -2.15. The smallest absolute Gasteiger partial charge is 0.258 e. The van der Waals surface area contributed by atoms with Gasteiger partial charge in [0.15, 0.2) is 11.5 Å². The Morgan fingerprint density at radius 3 is 2.70 bits per heavy atom. The van der Waals surface area contributed by atoms with E-state index in [1.807, 2.05) is 18.2 Å². The van der Waals surface area contributed by atoms with Gasteiger partial charge in [-0.3, -0.25) is 10.1 Å². The number of methoxy groups -OCH3 is 2. The number of hydrogen-bond acceptors (Lipinski definition) is 5. The number of rotatable bonds is 7. The molecule has 0 aliphatic carbocycles. The van der Waals surface area contributed by atoms with Gasteiger partial charge in [-0.2, -0.15) is 0 Å². The molecule has 0 aromatic heterocycles. The Balaban J connectivity index is 1.78. The van der Waals surface area contributed by atoms with E-state index in [0.717, 1.165) is 31.6 Å². The molecule has 2 N–H and O–H groups in total. The molecule has 2 aromatic rings. The maximum atomic E-state index is 12.9. The zero-order chi connectivity index (χ0) is 21.3. The first kappa shape index (κ1) is 21.6. The molecule has 1 saturated heterocycles. The lowest BCUT2D eigenvalue weighted by molar-refractivity contribution is 0.0975. The van der Waals surface area contributed by atoms with E-state index in [0.29, 0.717) is 29.6 Å². The number of amides is 1. The number of nitrogens with zero attached hydrogens (tertiary/aromatic N) is 1. The van der Waals surface area contributed by atoms with Crippen LogP contribution in [0.5, 0.6) is 11.5 Å². The summed E-state index contributed by atoms with van der Waals surface area (Å²) >= 11 is 0. The van der Waals surface area contributed by atoms with E-state index in [9.17, 15) is 4.79 Å². The van der Waals surface area contributed by atoms with Gasteiger partial charge in [0.25, 0.3) is 5.91 Å². The van der Waals surface area contributed by atoms with Crippen LogP contribution in [-0.2, 0) is 11.2 Å². The summed E-state index contributed by atoms with van der Waals surface area (Å²) in [6.07, 6.45) is 3.03. The number of guanidine groups is 1. The Morgan fingerprint density at radius 2 is 2.00 bits per heavy atom. The molecule has 160 valence electrons. The molecule has 0 radical (unpaired) electrons. The number of anilines is 1. The number of carbonyl (C=O) groups is 1. The first-order chi connectivity index (χ1) is 14.6. The third-order valence-electron chi connectivity index (χ3n) is 4.95. The molecule has 1 unspecified atom stereocenters. The van der Waals surface area contributed by atoms with Gasteiger partial charge in [0.2, 0.25) is 5.96 Å². The second-order valence-corrected chi connectivity index (χ2v) is 7.03. The predicted octanol–water partition coefficient (Wildman–Crippen LogP) is 3.64. The van der Waals surface area contributed by atoms with Crippen LogP contribution in [0.15, 0.2) is 47.5 Å². The largest absolute Gasteiger partial charge is 0.493 e. The highest BCUT2D eigenvalue weighted by Crippen LogP contribution is 2.27. The molecule has 7 nitrogen and oxygen atoms in total. The first-order valence-corrected chi connectivity index (χ1v) is 10.2. The second kappa shape index (κ2) is 10.6. The molecule has 7 heteroatoms. The first-order valence-electron chi connectivity index (χ1n) is 10.2. The molecule has 1 aliphatic heterocycles. The maximum Gasteiger partial charge on any atom is 0.258 e. The summed E-state index contributed by atoms with van der Waals surface area (Å²) in [5.41, 5.74) is 2.51. The van der Waals surface area contributed by atoms with Crippen molar-refractivity contribution in [3.63, 3.8) is 0 Å². The number of nitrogens with one attached hydrogen (secondary N) is 2. The van der Waals surface area contributed by atoms with Crippen molar-refractivity contribution in [2.75, 3.05) is 32.7 Å². The Hall–Kier alpha value is -3.06. The van der Waals surface area contributed by atoms with Gasteiger partial charge in [-0.05, 0) is 55.2 Å². The van der Waals surface area contributed by atoms with E-state index in [4.69, 9.17) is 14.2 Å². The normalized spacial score (nSPS) is 16.2. The van der Waals surface area contributed by atoms with Crippen molar-refractivity contribution in [2.45, 2.75) is 32.3 Å². The van der Waals surface area contributed by atoms with Gasteiger partial charge in [-0.15, -0.1) is 0 Å². The quantitative estimate of drug-likeness (QED) is 0.537. The highest BCUT2D eigenvalue weighted by atomic mass is 16.5. The number of aryl methyl sites for hydroxylation is 1. The van der Waals surface area contributed by atoms with Gasteiger partial charge < -0.3 is 19.5 Å². The van der Waals surface area contributed by atoms with Crippen molar-refractivity contribution in [2.24, 2.45) is 4.99 Å². The Morgan fingerprint density at radius 1 is 1.17 bits per heavy atom. The van der Waals surface area contributed by atoms with Crippen LogP contribution < -0.4 is 20.1 Å². The predicted molar refractivity (Wildman–Crippen MR) is 118 cm³/mol. The van der Waals surface area contributed by atoms with E-state index in [2.05, 4.69) is 28.6 Å². The lowest BCUT2D eigenvalue weighted by atomic mass is 10.1. The van der Waals surface area contributed by atoms with Gasteiger partial charge in [0.05, 0.1) is 26.9 Å². The van der Waals surface area contributed by atoms with Crippen molar-refractivity contribution >= 4 is 17.6 Å². The number of benzene rings is 2. The van der Waals surface area contributed by atoms with E-state index < -0.39 is 0 Å². The summed E-state index contributed by atoms with van der Waals surface area (Å²) in [5, 5.41) is 6.12. The lowest BCUT2D eigenvalue weighted by Crippen LogP contribution is -2.36. The standard InChI is InChI=1S/C23H29N3O4/c1-4-16-7-5-8-18(13-16)25-23(24-15-19-9-6-12-30-19)26-22(27)17-10-11-20(28-2)21(14-17)29-3/h5,7-8,10-11,13-14,19H,4,6,9,12,15H2,1-3H3,(H2,24,25,26,27). The fraction of sp³-hybridized carbons (Fsp3) is 0.391. The van der Waals surface area contributed by atoms with Crippen LogP contribution >= 0.6 is 0 Å². The van der Waals surface area contributed by atoms with Crippen LogP contribution in [0, 0.1) is 0 Å². The fourth-order valence-electron chi connectivity index (χ4n) is 3.25. The third-order valence-corrected chi connectivity index (χ3v) is 4.95. The Kier molecular flexibility index (Phi) is 7.68.